The molecule has 138 valence electrons. The number of nitrogens with zero attached hydrogens (tertiary/aromatic N) is 2. The van der Waals surface area contributed by atoms with Gasteiger partial charge in [0.2, 0.25) is 0 Å². The minimum absolute atomic E-state index is 0.0697. The number of hydrogen-bond acceptors (Lipinski definition) is 5. The molecule has 0 amide bonds. The number of fused-ring (bicyclic) bond motifs is 2. The normalized spacial score (nSPS) is 11.3. The zero-order valence-corrected chi connectivity index (χ0v) is 15.2. The first-order chi connectivity index (χ1) is 13.1. The molecular weight excluding hydrogens is 342 g/mol. The number of benzene rings is 2. The maximum absolute atomic E-state index is 12.5. The summed E-state index contributed by atoms with van der Waals surface area (Å²) >= 11 is 0. The first-order valence-corrected chi connectivity index (χ1v) is 8.78. The van der Waals surface area contributed by atoms with E-state index >= 15 is 0 Å². The molecular formula is C20H21N5O2. The molecule has 4 aromatic rings. The standard InChI is InChI=1S/C20H21N5O2/c1-21-9-10-25(2)12-7-8-15-16(11-12)23-19(22-15)17-18(26)13-5-3-4-6-14(13)24-20(17)27/h3-8,11,21H,9-10H2,1-2H3,(H,22,23)(H2,24,26,27). The maximum atomic E-state index is 12.5. The summed E-state index contributed by atoms with van der Waals surface area (Å²) in [4.78, 5) is 25.2. The van der Waals surface area contributed by atoms with Gasteiger partial charge in [0.25, 0.3) is 5.56 Å². The second-order valence-electron chi connectivity index (χ2n) is 6.54. The molecule has 0 aliphatic carbocycles. The number of aromatic amines is 2. The zero-order chi connectivity index (χ0) is 19.0. The van der Waals surface area contributed by atoms with Gasteiger partial charge in [-0.3, -0.25) is 4.79 Å². The van der Waals surface area contributed by atoms with Gasteiger partial charge in [0.15, 0.2) is 0 Å². The van der Waals surface area contributed by atoms with Crippen molar-refractivity contribution in [3.63, 3.8) is 0 Å². The summed E-state index contributed by atoms with van der Waals surface area (Å²) in [7, 11) is 3.95. The van der Waals surface area contributed by atoms with Crippen LogP contribution < -0.4 is 15.8 Å². The fraction of sp³-hybridized carbons (Fsp3) is 0.200. The predicted molar refractivity (Wildman–Crippen MR) is 109 cm³/mol. The highest BCUT2D eigenvalue weighted by Gasteiger charge is 2.17. The van der Waals surface area contributed by atoms with Crippen molar-refractivity contribution in [2.75, 3.05) is 32.1 Å². The van der Waals surface area contributed by atoms with Crippen LogP contribution in [0.4, 0.5) is 5.69 Å². The van der Waals surface area contributed by atoms with Crippen molar-refractivity contribution in [2.24, 2.45) is 0 Å². The average molecular weight is 363 g/mol. The molecule has 2 heterocycles. The SMILES string of the molecule is CNCCN(C)c1ccc2nc(-c3c(O)c4ccccc4[nH]c3=O)[nH]c2c1. The summed E-state index contributed by atoms with van der Waals surface area (Å²) in [6, 6.07) is 13.0. The largest absolute Gasteiger partial charge is 0.506 e. The summed E-state index contributed by atoms with van der Waals surface area (Å²) in [6.07, 6.45) is 0. The Morgan fingerprint density at radius 1 is 1.15 bits per heavy atom. The molecule has 0 fully saturated rings. The number of para-hydroxylation sites is 1. The van der Waals surface area contributed by atoms with Crippen molar-refractivity contribution in [1.82, 2.24) is 20.3 Å². The van der Waals surface area contributed by atoms with E-state index in [-0.39, 0.29) is 16.9 Å². The first kappa shape index (κ1) is 17.1. The third-order valence-corrected chi connectivity index (χ3v) is 4.73. The molecule has 4 N–H and O–H groups in total. The number of likely N-dealkylation sites (N-methyl/N-ethyl adjacent to an activating group) is 2. The number of H-pyrrole nitrogens is 2. The maximum Gasteiger partial charge on any atom is 0.263 e. The minimum atomic E-state index is -0.378. The lowest BCUT2D eigenvalue weighted by Gasteiger charge is -2.18. The highest BCUT2D eigenvalue weighted by molar-refractivity contribution is 5.92. The molecule has 0 bridgehead atoms. The predicted octanol–water partition coefficient (Wildman–Crippen LogP) is 2.43. The molecule has 0 unspecified atom stereocenters. The van der Waals surface area contributed by atoms with Gasteiger partial charge < -0.3 is 25.3 Å². The van der Waals surface area contributed by atoms with Gasteiger partial charge in [-0.05, 0) is 37.4 Å². The van der Waals surface area contributed by atoms with Crippen LogP contribution in [0.5, 0.6) is 5.75 Å². The van der Waals surface area contributed by atoms with Crippen molar-refractivity contribution in [3.8, 4) is 17.1 Å². The molecule has 2 aromatic carbocycles. The van der Waals surface area contributed by atoms with Crippen molar-refractivity contribution < 1.29 is 5.11 Å². The van der Waals surface area contributed by atoms with Gasteiger partial charge in [-0.25, -0.2) is 4.98 Å². The lowest BCUT2D eigenvalue weighted by Crippen LogP contribution is -2.26. The van der Waals surface area contributed by atoms with Crippen LogP contribution in [0.2, 0.25) is 0 Å². The molecule has 0 aliphatic rings. The van der Waals surface area contributed by atoms with Crippen molar-refractivity contribution in [2.45, 2.75) is 0 Å². The fourth-order valence-corrected chi connectivity index (χ4v) is 3.21. The number of aromatic nitrogens is 3. The smallest absolute Gasteiger partial charge is 0.263 e. The second kappa shape index (κ2) is 6.77. The number of pyridine rings is 1. The lowest BCUT2D eigenvalue weighted by molar-refractivity contribution is 0.482. The minimum Gasteiger partial charge on any atom is -0.506 e. The topological polar surface area (TPSA) is 97.0 Å². The molecule has 0 atom stereocenters. The number of rotatable bonds is 5. The van der Waals surface area contributed by atoms with Crippen LogP contribution in [0, 0.1) is 0 Å². The molecule has 0 saturated carbocycles. The molecule has 7 heteroatoms. The Labute approximate surface area is 155 Å². The van der Waals surface area contributed by atoms with E-state index < -0.39 is 0 Å². The Morgan fingerprint density at radius 2 is 1.96 bits per heavy atom. The van der Waals surface area contributed by atoms with Crippen LogP contribution in [0.25, 0.3) is 33.3 Å². The van der Waals surface area contributed by atoms with E-state index in [0.29, 0.717) is 16.7 Å². The van der Waals surface area contributed by atoms with E-state index in [1.807, 2.05) is 44.4 Å². The number of imidazole rings is 1. The molecule has 0 saturated heterocycles. The average Bonchev–Trinajstić information content (AvgIpc) is 3.08. The van der Waals surface area contributed by atoms with Gasteiger partial charge in [0.1, 0.15) is 17.1 Å². The molecule has 2 aromatic heterocycles. The monoisotopic (exact) mass is 363 g/mol. The molecule has 4 rings (SSSR count). The third kappa shape index (κ3) is 3.02. The quantitative estimate of drug-likeness (QED) is 0.437. The zero-order valence-electron chi connectivity index (χ0n) is 15.2. The van der Waals surface area contributed by atoms with E-state index in [4.69, 9.17) is 0 Å². The van der Waals surface area contributed by atoms with Gasteiger partial charge in [0, 0.05) is 31.2 Å². The summed E-state index contributed by atoms with van der Waals surface area (Å²) < 4.78 is 0. The lowest BCUT2D eigenvalue weighted by atomic mass is 10.1. The summed E-state index contributed by atoms with van der Waals surface area (Å²) in [5, 5.41) is 14.4. The first-order valence-electron chi connectivity index (χ1n) is 8.78. The molecule has 0 aliphatic heterocycles. The highest BCUT2D eigenvalue weighted by atomic mass is 16.3. The van der Waals surface area contributed by atoms with Crippen LogP contribution in [0.1, 0.15) is 0 Å². The highest BCUT2D eigenvalue weighted by Crippen LogP contribution is 2.31. The number of aromatic hydroxyl groups is 1. The number of nitrogens with one attached hydrogen (secondary N) is 3. The Hall–Kier alpha value is -3.32. The van der Waals surface area contributed by atoms with E-state index in [1.165, 1.54) is 0 Å². The number of hydrogen-bond donors (Lipinski definition) is 4. The van der Waals surface area contributed by atoms with E-state index in [2.05, 4.69) is 25.2 Å². The molecule has 27 heavy (non-hydrogen) atoms. The Kier molecular flexibility index (Phi) is 4.29. The van der Waals surface area contributed by atoms with Crippen molar-refractivity contribution >= 4 is 27.6 Å². The van der Waals surface area contributed by atoms with Gasteiger partial charge >= 0.3 is 0 Å². The van der Waals surface area contributed by atoms with E-state index in [0.717, 1.165) is 29.8 Å². The van der Waals surface area contributed by atoms with Crippen LogP contribution in [-0.4, -0.2) is 47.2 Å². The number of anilines is 1. The summed E-state index contributed by atoms with van der Waals surface area (Å²) in [5.74, 6) is 0.282. The summed E-state index contributed by atoms with van der Waals surface area (Å²) in [6.45, 7) is 1.75. The Balaban J connectivity index is 1.81. The van der Waals surface area contributed by atoms with Crippen LogP contribution in [0.15, 0.2) is 47.3 Å². The van der Waals surface area contributed by atoms with Crippen molar-refractivity contribution in [3.05, 3.63) is 52.8 Å². The van der Waals surface area contributed by atoms with Gasteiger partial charge in [-0.1, -0.05) is 12.1 Å². The van der Waals surface area contributed by atoms with Gasteiger partial charge in [0.05, 0.1) is 16.6 Å². The third-order valence-electron chi connectivity index (χ3n) is 4.73. The van der Waals surface area contributed by atoms with E-state index in [9.17, 15) is 9.90 Å². The molecule has 7 nitrogen and oxygen atoms in total. The Morgan fingerprint density at radius 3 is 2.78 bits per heavy atom. The Bertz CT molecular complexity index is 1180. The van der Waals surface area contributed by atoms with E-state index in [1.54, 1.807) is 12.1 Å². The van der Waals surface area contributed by atoms with Crippen LogP contribution in [0.3, 0.4) is 0 Å². The fourth-order valence-electron chi connectivity index (χ4n) is 3.21. The van der Waals surface area contributed by atoms with Crippen molar-refractivity contribution in [1.29, 1.82) is 0 Å². The van der Waals surface area contributed by atoms with Gasteiger partial charge in [-0.15, -0.1) is 0 Å². The van der Waals surface area contributed by atoms with Crippen LogP contribution in [-0.2, 0) is 0 Å². The van der Waals surface area contributed by atoms with Crippen LogP contribution >= 0.6 is 0 Å². The summed E-state index contributed by atoms with van der Waals surface area (Å²) in [5.41, 5.74) is 2.96. The molecule has 0 spiro atoms. The molecule has 0 radical (unpaired) electrons. The van der Waals surface area contributed by atoms with Gasteiger partial charge in [-0.2, -0.15) is 0 Å². The second-order valence-corrected chi connectivity index (χ2v) is 6.54.